The number of hydrogen-bond donors (Lipinski definition) is 0. The summed E-state index contributed by atoms with van der Waals surface area (Å²) >= 11 is 1.47. The van der Waals surface area contributed by atoms with E-state index >= 15 is 0 Å². The number of rotatable bonds is 7. The molecule has 6 nitrogen and oxygen atoms in total. The number of fused-ring (bicyclic) bond motifs is 1. The third kappa shape index (κ3) is 4.62. The number of aromatic nitrogens is 1. The van der Waals surface area contributed by atoms with E-state index in [1.807, 2.05) is 30.3 Å². The molecule has 0 fully saturated rings. The third-order valence-corrected chi connectivity index (χ3v) is 8.23. The van der Waals surface area contributed by atoms with Gasteiger partial charge in [-0.15, -0.1) is 0 Å². The average molecular weight is 480 g/mol. The van der Waals surface area contributed by atoms with Crippen molar-refractivity contribution in [3.05, 3.63) is 89.2 Å². The second-order valence-corrected chi connectivity index (χ2v) is 10.3. The first-order chi connectivity index (χ1) is 16.0. The Hall–Kier alpha value is -3.23. The molecule has 1 heterocycles. The van der Waals surface area contributed by atoms with Gasteiger partial charge in [0, 0.05) is 18.7 Å². The zero-order chi connectivity index (χ0) is 23.4. The highest BCUT2D eigenvalue weighted by atomic mass is 32.2. The van der Waals surface area contributed by atoms with Crippen molar-refractivity contribution in [2.45, 2.75) is 31.7 Å². The fraction of sp³-hybridized carbons (Fsp3) is 0.200. The topological polar surface area (TPSA) is 71.7 Å². The van der Waals surface area contributed by atoms with Crippen molar-refractivity contribution >= 4 is 43.2 Å². The Balaban J connectivity index is 1.66. The normalized spacial score (nSPS) is 12.2. The monoisotopic (exact) mass is 479 g/mol. The van der Waals surface area contributed by atoms with Gasteiger partial charge in [0.05, 0.1) is 20.8 Å². The number of thiazole rings is 1. The number of carbonyl (C=O) groups excluding carboxylic acids is 1. The molecule has 1 aromatic heterocycles. The number of carbonyl (C=O) groups is 1. The Bertz CT molecular complexity index is 1440. The van der Waals surface area contributed by atoms with Crippen LogP contribution in [0.25, 0.3) is 10.2 Å². The maximum Gasteiger partial charge on any atom is 0.279 e. The van der Waals surface area contributed by atoms with Crippen LogP contribution in [0, 0.1) is 0 Å². The van der Waals surface area contributed by atoms with Crippen LogP contribution >= 0.6 is 11.3 Å². The fourth-order valence-corrected chi connectivity index (χ4v) is 6.21. The number of anilines is 1. The van der Waals surface area contributed by atoms with Gasteiger partial charge in [-0.25, -0.2) is 8.42 Å². The fourth-order valence-electron chi connectivity index (χ4n) is 3.68. The summed E-state index contributed by atoms with van der Waals surface area (Å²) in [4.78, 5) is 18.0. The molecule has 0 aliphatic heterocycles. The average Bonchev–Trinajstić information content (AvgIpc) is 3.17. The number of aryl methyl sites for hydroxylation is 1. The lowest BCUT2D eigenvalue weighted by molar-refractivity contribution is 0.0997. The van der Waals surface area contributed by atoms with E-state index in [1.54, 1.807) is 31.2 Å². The molecule has 1 amide bonds. The number of benzene rings is 3. The summed E-state index contributed by atoms with van der Waals surface area (Å²) in [6.45, 7) is 4.93. The van der Waals surface area contributed by atoms with Crippen molar-refractivity contribution in [1.82, 2.24) is 4.57 Å². The molecule has 0 saturated carbocycles. The first-order valence-corrected chi connectivity index (χ1v) is 13.1. The highest BCUT2D eigenvalue weighted by Crippen LogP contribution is 2.23. The van der Waals surface area contributed by atoms with Gasteiger partial charge < -0.3 is 4.57 Å². The first kappa shape index (κ1) is 22.9. The molecule has 0 unspecified atom stereocenters. The molecule has 0 aliphatic carbocycles. The zero-order valence-corrected chi connectivity index (χ0v) is 20.1. The molecule has 0 N–H and O–H groups in total. The Kier molecular flexibility index (Phi) is 6.76. The minimum absolute atomic E-state index is 0.132. The van der Waals surface area contributed by atoms with E-state index in [0.717, 1.165) is 23.2 Å². The van der Waals surface area contributed by atoms with Gasteiger partial charge in [0.2, 0.25) is 0 Å². The van der Waals surface area contributed by atoms with Gasteiger partial charge in [-0.1, -0.05) is 48.6 Å². The van der Waals surface area contributed by atoms with Crippen LogP contribution in [0.3, 0.4) is 0 Å². The van der Waals surface area contributed by atoms with Crippen molar-refractivity contribution < 1.29 is 13.2 Å². The summed E-state index contributed by atoms with van der Waals surface area (Å²) in [7, 11) is -3.75. The molecule has 3 aromatic carbocycles. The van der Waals surface area contributed by atoms with E-state index in [9.17, 15) is 13.2 Å². The lowest BCUT2D eigenvalue weighted by atomic mass is 10.2. The Morgan fingerprint density at radius 3 is 2.27 bits per heavy atom. The number of hydrogen-bond acceptors (Lipinski definition) is 4. The van der Waals surface area contributed by atoms with Crippen LogP contribution in [-0.4, -0.2) is 25.4 Å². The molecule has 0 atom stereocenters. The highest BCUT2D eigenvalue weighted by molar-refractivity contribution is 7.92. The molecule has 0 radical (unpaired) electrons. The van der Waals surface area contributed by atoms with Crippen molar-refractivity contribution in [1.29, 1.82) is 0 Å². The minimum Gasteiger partial charge on any atom is -0.316 e. The summed E-state index contributed by atoms with van der Waals surface area (Å²) in [6.07, 6.45) is 0.921. The van der Waals surface area contributed by atoms with Gasteiger partial charge in [-0.2, -0.15) is 4.99 Å². The van der Waals surface area contributed by atoms with Crippen LogP contribution in [0.4, 0.5) is 5.69 Å². The Morgan fingerprint density at radius 1 is 0.939 bits per heavy atom. The van der Waals surface area contributed by atoms with Crippen LogP contribution in [-0.2, 0) is 16.6 Å². The largest absolute Gasteiger partial charge is 0.316 e. The molecule has 33 heavy (non-hydrogen) atoms. The number of amides is 1. The summed E-state index contributed by atoms with van der Waals surface area (Å²) in [5.74, 6) is -0.397. The first-order valence-electron chi connectivity index (χ1n) is 10.8. The molecule has 0 spiro atoms. The molecule has 0 aliphatic rings. The van der Waals surface area contributed by atoms with Gasteiger partial charge in [-0.05, 0) is 61.9 Å². The third-order valence-electron chi connectivity index (χ3n) is 5.25. The second-order valence-electron chi connectivity index (χ2n) is 7.45. The van der Waals surface area contributed by atoms with E-state index < -0.39 is 15.9 Å². The summed E-state index contributed by atoms with van der Waals surface area (Å²) in [6, 6.07) is 22.9. The molecular weight excluding hydrogens is 454 g/mol. The number of sulfonamides is 1. The van der Waals surface area contributed by atoms with Gasteiger partial charge in [0.15, 0.2) is 4.80 Å². The molecule has 0 bridgehead atoms. The summed E-state index contributed by atoms with van der Waals surface area (Å²) < 4.78 is 30.8. The molecule has 170 valence electrons. The second kappa shape index (κ2) is 9.72. The van der Waals surface area contributed by atoms with Crippen molar-refractivity contribution in [3.63, 3.8) is 0 Å². The van der Waals surface area contributed by atoms with Gasteiger partial charge in [0.1, 0.15) is 0 Å². The van der Waals surface area contributed by atoms with E-state index in [1.165, 1.54) is 39.9 Å². The summed E-state index contributed by atoms with van der Waals surface area (Å²) in [5, 5.41) is 0. The lowest BCUT2D eigenvalue weighted by Gasteiger charge is -2.22. The van der Waals surface area contributed by atoms with E-state index in [4.69, 9.17) is 0 Å². The van der Waals surface area contributed by atoms with Gasteiger partial charge in [0.25, 0.3) is 15.9 Å². The smallest absolute Gasteiger partial charge is 0.279 e. The summed E-state index contributed by atoms with van der Waals surface area (Å²) in [5.41, 5.74) is 2.00. The zero-order valence-electron chi connectivity index (χ0n) is 18.5. The predicted octanol–water partition coefficient (Wildman–Crippen LogP) is 5.07. The number of para-hydroxylation sites is 2. The molecular formula is C25H25N3O3S2. The van der Waals surface area contributed by atoms with E-state index in [0.29, 0.717) is 22.6 Å². The van der Waals surface area contributed by atoms with E-state index in [2.05, 4.69) is 16.5 Å². The van der Waals surface area contributed by atoms with Gasteiger partial charge >= 0.3 is 0 Å². The van der Waals surface area contributed by atoms with Crippen molar-refractivity contribution in [2.75, 3.05) is 10.8 Å². The maximum absolute atomic E-state index is 13.2. The Morgan fingerprint density at radius 2 is 1.61 bits per heavy atom. The van der Waals surface area contributed by atoms with Crippen LogP contribution in [0.5, 0.6) is 0 Å². The predicted molar refractivity (Wildman–Crippen MR) is 133 cm³/mol. The van der Waals surface area contributed by atoms with Crippen LogP contribution in [0.1, 0.15) is 30.6 Å². The molecule has 0 saturated heterocycles. The lowest BCUT2D eigenvalue weighted by Crippen LogP contribution is -2.30. The Labute approximate surface area is 197 Å². The van der Waals surface area contributed by atoms with Crippen LogP contribution in [0.2, 0.25) is 0 Å². The van der Waals surface area contributed by atoms with Crippen LogP contribution in [0.15, 0.2) is 88.8 Å². The molecule has 4 aromatic rings. The van der Waals surface area contributed by atoms with Crippen molar-refractivity contribution in [2.24, 2.45) is 4.99 Å². The van der Waals surface area contributed by atoms with Crippen molar-refractivity contribution in [3.8, 4) is 0 Å². The van der Waals surface area contributed by atoms with E-state index in [-0.39, 0.29) is 4.90 Å². The standard InChI is InChI=1S/C25H25N3O3S2/c1-3-18-27-22-12-8-9-13-23(22)32-25(27)26-24(29)19-14-16-21(17-15-19)33(30,31)28(4-2)20-10-6-5-7-11-20/h5-17H,3-4,18H2,1-2H3. The highest BCUT2D eigenvalue weighted by Gasteiger charge is 2.23. The SMILES string of the molecule is CCCn1c(=NC(=O)c2ccc(S(=O)(=O)N(CC)c3ccccc3)cc2)sc2ccccc21. The molecule has 8 heteroatoms. The van der Waals surface area contributed by atoms with Gasteiger partial charge in [-0.3, -0.25) is 9.10 Å². The maximum atomic E-state index is 13.2. The molecule has 4 rings (SSSR count). The number of nitrogens with zero attached hydrogens (tertiary/aromatic N) is 3. The van der Waals surface area contributed by atoms with Crippen LogP contribution < -0.4 is 9.11 Å². The quantitative estimate of drug-likeness (QED) is 0.372. The minimum atomic E-state index is -3.75.